The third-order valence-corrected chi connectivity index (χ3v) is 6.68. The average Bonchev–Trinajstić information content (AvgIpc) is 2.91. The molecule has 8 heteroatoms. The van der Waals surface area contributed by atoms with Crippen LogP contribution in [0.1, 0.15) is 37.3 Å². The summed E-state index contributed by atoms with van der Waals surface area (Å²) >= 11 is 6.10. The smallest absolute Gasteiger partial charge is 0.325 e. The van der Waals surface area contributed by atoms with Gasteiger partial charge in [0, 0.05) is 22.5 Å². The van der Waals surface area contributed by atoms with Crippen molar-refractivity contribution in [2.24, 2.45) is 0 Å². The highest BCUT2D eigenvalue weighted by molar-refractivity contribution is 6.32. The maximum absolute atomic E-state index is 13.4. The second kappa shape index (κ2) is 7.96. The molecule has 162 valence electrons. The highest BCUT2D eigenvalue weighted by Crippen LogP contribution is 2.43. The summed E-state index contributed by atoms with van der Waals surface area (Å²) in [5.74, 6) is -1.57. The number of carbonyl (C=O) groups is 3. The van der Waals surface area contributed by atoms with Gasteiger partial charge in [0.25, 0.3) is 5.91 Å². The first-order valence-corrected chi connectivity index (χ1v) is 10.5. The Kier molecular flexibility index (Phi) is 5.47. The first kappa shape index (κ1) is 21.3. The summed E-state index contributed by atoms with van der Waals surface area (Å²) in [6.07, 6.45) is 3.04. The molecule has 2 N–H and O–H groups in total. The molecule has 1 saturated heterocycles. The van der Waals surface area contributed by atoms with E-state index in [1.807, 2.05) is 18.2 Å². The van der Waals surface area contributed by atoms with E-state index >= 15 is 0 Å². The first-order chi connectivity index (χ1) is 14.7. The summed E-state index contributed by atoms with van der Waals surface area (Å²) < 4.78 is 13.4. The molecule has 0 aromatic heterocycles. The Hall–Kier alpha value is -2.93. The van der Waals surface area contributed by atoms with E-state index in [1.54, 1.807) is 0 Å². The van der Waals surface area contributed by atoms with Gasteiger partial charge in [0.05, 0.1) is 0 Å². The molecular weight excluding hydrogens is 421 g/mol. The molecule has 6 nitrogen and oxygen atoms in total. The van der Waals surface area contributed by atoms with Crippen molar-refractivity contribution < 1.29 is 18.8 Å². The molecule has 2 fully saturated rings. The zero-order chi connectivity index (χ0) is 22.2. The molecule has 0 spiro atoms. The van der Waals surface area contributed by atoms with Crippen molar-refractivity contribution in [2.75, 3.05) is 13.1 Å². The van der Waals surface area contributed by atoms with Gasteiger partial charge in [0.2, 0.25) is 5.91 Å². The van der Waals surface area contributed by atoms with Crippen LogP contribution in [0.4, 0.5) is 9.18 Å². The number of imide groups is 1. The maximum atomic E-state index is 13.4. The van der Waals surface area contributed by atoms with Crippen LogP contribution in [0.2, 0.25) is 5.02 Å². The molecule has 4 amide bonds. The maximum Gasteiger partial charge on any atom is 0.325 e. The largest absolute Gasteiger partial charge is 0.354 e. The Morgan fingerprint density at radius 1 is 1.19 bits per heavy atom. The molecule has 4 rings (SSSR count). The molecule has 31 heavy (non-hydrogen) atoms. The van der Waals surface area contributed by atoms with Crippen molar-refractivity contribution in [3.8, 4) is 0 Å². The molecular formula is C23H23ClFN3O3. The van der Waals surface area contributed by atoms with Gasteiger partial charge in [-0.2, -0.15) is 0 Å². The molecule has 2 aromatic carbocycles. The second-order valence-corrected chi connectivity index (χ2v) is 8.75. The Bertz CT molecular complexity index is 1040. The molecule has 1 aliphatic heterocycles. The minimum Gasteiger partial charge on any atom is -0.354 e. The molecule has 0 radical (unpaired) electrons. The second-order valence-electron chi connectivity index (χ2n) is 8.35. The lowest BCUT2D eigenvalue weighted by Gasteiger charge is -2.42. The zero-order valence-corrected chi connectivity index (χ0v) is 17.8. The number of nitrogens with zero attached hydrogens (tertiary/aromatic N) is 1. The lowest BCUT2D eigenvalue weighted by Crippen LogP contribution is -2.49. The lowest BCUT2D eigenvalue weighted by molar-refractivity contribution is -0.134. The number of benzene rings is 2. The zero-order valence-electron chi connectivity index (χ0n) is 17.1. The normalized spacial score (nSPS) is 22.1. The fourth-order valence-corrected chi connectivity index (χ4v) is 4.70. The molecule has 0 bridgehead atoms. The number of halogens is 2. The van der Waals surface area contributed by atoms with Gasteiger partial charge in [0.15, 0.2) is 0 Å². The van der Waals surface area contributed by atoms with Crippen LogP contribution in [0.15, 0.2) is 48.5 Å². The Balaban J connectivity index is 1.44. The number of nitrogens with one attached hydrogen (secondary N) is 2. The number of urea groups is 1. The fourth-order valence-electron chi connectivity index (χ4n) is 4.35. The van der Waals surface area contributed by atoms with Crippen LogP contribution in [-0.4, -0.2) is 35.8 Å². The highest BCUT2D eigenvalue weighted by atomic mass is 35.5. The third-order valence-electron chi connectivity index (χ3n) is 6.37. The summed E-state index contributed by atoms with van der Waals surface area (Å²) in [6.45, 7) is 1.54. The summed E-state index contributed by atoms with van der Waals surface area (Å²) in [5.41, 5.74) is -0.129. The molecule has 1 atom stereocenters. The van der Waals surface area contributed by atoms with Crippen LogP contribution < -0.4 is 10.6 Å². The van der Waals surface area contributed by atoms with Gasteiger partial charge < -0.3 is 10.6 Å². The van der Waals surface area contributed by atoms with Gasteiger partial charge in [-0.25, -0.2) is 9.18 Å². The van der Waals surface area contributed by atoms with E-state index in [0.29, 0.717) is 6.54 Å². The van der Waals surface area contributed by atoms with Crippen molar-refractivity contribution in [1.82, 2.24) is 15.5 Å². The summed E-state index contributed by atoms with van der Waals surface area (Å²) in [4.78, 5) is 39.0. The quantitative estimate of drug-likeness (QED) is 0.671. The van der Waals surface area contributed by atoms with Crippen LogP contribution in [0.25, 0.3) is 0 Å². The van der Waals surface area contributed by atoms with Crippen molar-refractivity contribution in [3.05, 3.63) is 70.5 Å². The van der Waals surface area contributed by atoms with Gasteiger partial charge in [-0.1, -0.05) is 54.4 Å². The monoisotopic (exact) mass is 443 g/mol. The molecule has 1 heterocycles. The SMILES string of the molecule is CC1(c2ccc(F)cc2Cl)NC(=O)N(CC(=O)NCC2(c3ccccc3)CCC2)C1=O. The number of rotatable bonds is 6. The van der Waals surface area contributed by atoms with Gasteiger partial charge in [-0.15, -0.1) is 0 Å². The number of hydrogen-bond acceptors (Lipinski definition) is 3. The van der Waals surface area contributed by atoms with Crippen LogP contribution in [0.3, 0.4) is 0 Å². The number of hydrogen-bond donors (Lipinski definition) is 2. The third kappa shape index (κ3) is 3.78. The molecule has 1 aliphatic carbocycles. The first-order valence-electron chi connectivity index (χ1n) is 10.2. The Morgan fingerprint density at radius 2 is 1.90 bits per heavy atom. The summed E-state index contributed by atoms with van der Waals surface area (Å²) in [6, 6.07) is 12.9. The van der Waals surface area contributed by atoms with Gasteiger partial charge in [-0.3, -0.25) is 14.5 Å². The van der Waals surface area contributed by atoms with Crippen LogP contribution in [0.5, 0.6) is 0 Å². The predicted octanol–water partition coefficient (Wildman–Crippen LogP) is 3.48. The minimum absolute atomic E-state index is 0.0252. The summed E-state index contributed by atoms with van der Waals surface area (Å²) in [5, 5.41) is 5.50. The van der Waals surface area contributed by atoms with E-state index in [1.165, 1.54) is 24.6 Å². The van der Waals surface area contributed by atoms with E-state index in [0.717, 1.165) is 30.2 Å². The van der Waals surface area contributed by atoms with Gasteiger partial charge in [0.1, 0.15) is 17.9 Å². The summed E-state index contributed by atoms with van der Waals surface area (Å²) in [7, 11) is 0. The molecule has 2 aromatic rings. The van der Waals surface area contributed by atoms with Gasteiger partial charge in [-0.05, 0) is 37.5 Å². The van der Waals surface area contributed by atoms with Crippen molar-refractivity contribution >= 4 is 29.4 Å². The Labute approximate surface area is 184 Å². The Morgan fingerprint density at radius 3 is 2.52 bits per heavy atom. The van der Waals surface area contributed by atoms with E-state index in [-0.39, 0.29) is 16.0 Å². The van der Waals surface area contributed by atoms with Crippen LogP contribution >= 0.6 is 11.6 Å². The van der Waals surface area contributed by atoms with Crippen molar-refractivity contribution in [1.29, 1.82) is 0 Å². The van der Waals surface area contributed by atoms with E-state index in [2.05, 4.69) is 22.8 Å². The van der Waals surface area contributed by atoms with Gasteiger partial charge >= 0.3 is 6.03 Å². The topological polar surface area (TPSA) is 78.5 Å². The molecule has 1 saturated carbocycles. The lowest BCUT2D eigenvalue weighted by atomic mass is 9.64. The number of amides is 4. The average molecular weight is 444 g/mol. The minimum atomic E-state index is -1.47. The predicted molar refractivity (Wildman–Crippen MR) is 114 cm³/mol. The van der Waals surface area contributed by atoms with E-state index in [9.17, 15) is 18.8 Å². The molecule has 2 aliphatic rings. The van der Waals surface area contributed by atoms with E-state index < -0.39 is 35.7 Å². The standard InChI is InChI=1S/C23H23ClFN3O3/c1-22(17-9-8-16(25)12-18(17)24)20(30)28(21(31)27-22)13-19(29)26-14-23(10-5-11-23)15-6-3-2-4-7-15/h2-4,6-9,12H,5,10-11,13-14H2,1H3,(H,26,29)(H,27,31). The van der Waals surface area contributed by atoms with E-state index in [4.69, 9.17) is 11.6 Å². The molecule has 1 unspecified atom stereocenters. The van der Waals surface area contributed by atoms with Crippen molar-refractivity contribution in [3.63, 3.8) is 0 Å². The van der Waals surface area contributed by atoms with Crippen LogP contribution in [-0.2, 0) is 20.5 Å². The van der Waals surface area contributed by atoms with Crippen molar-refractivity contribution in [2.45, 2.75) is 37.1 Å². The van der Waals surface area contributed by atoms with Crippen LogP contribution in [0, 0.1) is 5.82 Å². The highest BCUT2D eigenvalue weighted by Gasteiger charge is 2.50. The fraction of sp³-hybridized carbons (Fsp3) is 0.348. The number of carbonyl (C=O) groups excluding carboxylic acids is 3.